The maximum absolute atomic E-state index is 4.75. The van der Waals surface area contributed by atoms with E-state index in [1.54, 1.807) is 0 Å². The second-order valence-electron chi connectivity index (χ2n) is 16.5. The Labute approximate surface area is 386 Å². The molecule has 0 fully saturated rings. The van der Waals surface area contributed by atoms with Gasteiger partial charge in [-0.05, 0) is 134 Å². The Morgan fingerprint density at radius 3 is 2.22 bits per heavy atom. The van der Waals surface area contributed by atoms with Crippen LogP contribution in [0, 0.1) is 5.92 Å². The van der Waals surface area contributed by atoms with Gasteiger partial charge >= 0.3 is 0 Å². The van der Waals surface area contributed by atoms with Crippen molar-refractivity contribution in [1.29, 1.82) is 0 Å². The predicted octanol–water partition coefficient (Wildman–Crippen LogP) is 16.1. The van der Waals surface area contributed by atoms with E-state index in [-0.39, 0.29) is 0 Å². The highest BCUT2D eigenvalue weighted by molar-refractivity contribution is 5.97. The molecule has 0 saturated heterocycles. The van der Waals surface area contributed by atoms with Gasteiger partial charge in [-0.1, -0.05) is 200 Å². The lowest BCUT2D eigenvalue weighted by molar-refractivity contribution is 0.567. The summed E-state index contributed by atoms with van der Waals surface area (Å²) < 4.78 is 2.07. The first-order valence-corrected chi connectivity index (χ1v) is 22.4. The van der Waals surface area contributed by atoms with Crippen molar-refractivity contribution in [3.63, 3.8) is 0 Å². The van der Waals surface area contributed by atoms with Gasteiger partial charge in [0.05, 0.1) is 5.69 Å². The lowest BCUT2D eigenvalue weighted by atomic mass is 9.82. The van der Waals surface area contributed by atoms with Gasteiger partial charge < -0.3 is 9.47 Å². The van der Waals surface area contributed by atoms with Gasteiger partial charge in [-0.2, -0.15) is 0 Å². The molecule has 1 aromatic heterocycles. The molecule has 0 radical (unpaired) electrons. The zero-order valence-electron chi connectivity index (χ0n) is 39.7. The fourth-order valence-electron chi connectivity index (χ4n) is 7.99. The standard InChI is InChI=1S/C62H70N2/c1-16-20-22-35-55-41-48(10)56(18-3)60(52(14)57-36-25-26-38-59(55)57)43-61-58-37-24-21-23-32-46(8)47(9)33-27-30-45(7)31-28-34-54(29-17-2)42-51(13)63(44(5)6)49(11)39-40-50(12)64(53(58)15)62(61)19-4/h16,18-22,24-28,30,33-43,46H,3-5,9,11-15,17,23,29,31-32H2,1-2,6-8,10H3/b20-16-,24-21-,33-27-,34-28-,35-22-,40-39-,45-30+,54-42-,55-41-,56-48-,58-37+,60-43+. The van der Waals surface area contributed by atoms with Crippen LogP contribution in [0.1, 0.15) is 96.0 Å². The van der Waals surface area contributed by atoms with Crippen molar-refractivity contribution in [3.8, 4) is 0 Å². The van der Waals surface area contributed by atoms with Crippen LogP contribution in [0.4, 0.5) is 0 Å². The summed E-state index contributed by atoms with van der Waals surface area (Å²) in [6.07, 6.45) is 44.7. The van der Waals surface area contributed by atoms with E-state index in [1.807, 2.05) is 55.2 Å². The summed E-state index contributed by atoms with van der Waals surface area (Å²) in [4.78, 5) is 1.98. The maximum atomic E-state index is 4.75. The van der Waals surface area contributed by atoms with E-state index in [1.165, 1.54) is 11.1 Å². The molecule has 2 nitrogen and oxygen atoms in total. The van der Waals surface area contributed by atoms with Gasteiger partial charge in [-0.15, -0.1) is 0 Å². The minimum absolute atomic E-state index is 0.327. The molecule has 1 atom stereocenters. The van der Waals surface area contributed by atoms with Crippen LogP contribution in [0.25, 0.3) is 41.7 Å². The molecular weight excluding hydrogens is 773 g/mol. The minimum atomic E-state index is 0.327. The molecule has 2 bridgehead atoms. The molecular formula is C62H70N2. The fraction of sp³-hybridized carbons (Fsp3) is 0.194. The van der Waals surface area contributed by atoms with E-state index < -0.39 is 0 Å². The van der Waals surface area contributed by atoms with Crippen molar-refractivity contribution in [1.82, 2.24) is 9.47 Å². The van der Waals surface area contributed by atoms with E-state index in [0.717, 1.165) is 110 Å². The van der Waals surface area contributed by atoms with Crippen LogP contribution in [0.3, 0.4) is 0 Å². The van der Waals surface area contributed by atoms with E-state index in [0.29, 0.717) is 17.3 Å². The van der Waals surface area contributed by atoms with Crippen LogP contribution in [0.2, 0.25) is 0 Å². The first kappa shape index (κ1) is 49.8. The quantitative estimate of drug-likeness (QED) is 0.240. The average Bonchev–Trinajstić information content (AvgIpc) is 3.52. The van der Waals surface area contributed by atoms with Crippen LogP contribution in [0.15, 0.2) is 225 Å². The molecule has 1 unspecified atom stereocenters. The van der Waals surface area contributed by atoms with Gasteiger partial charge in [-0.25, -0.2) is 0 Å². The number of rotatable bonds is 8. The molecule has 2 heteroatoms. The average molecular weight is 843 g/mol. The minimum Gasteiger partial charge on any atom is -0.316 e. The number of hydrogen-bond donors (Lipinski definition) is 0. The maximum Gasteiger partial charge on any atom is 0.0534 e. The molecule has 2 heterocycles. The summed E-state index contributed by atoms with van der Waals surface area (Å²) >= 11 is 0. The number of allylic oxidation sites excluding steroid dienone is 26. The monoisotopic (exact) mass is 843 g/mol. The molecule has 2 aromatic rings. The highest BCUT2D eigenvalue weighted by atomic mass is 15.1. The molecule has 64 heavy (non-hydrogen) atoms. The predicted molar refractivity (Wildman–Crippen MR) is 288 cm³/mol. The zero-order valence-corrected chi connectivity index (χ0v) is 39.7. The summed E-state index contributed by atoms with van der Waals surface area (Å²) in [7, 11) is 0. The molecule has 4 rings (SSSR count). The Balaban J connectivity index is 2.00. The Hall–Kier alpha value is -6.90. The summed E-state index contributed by atoms with van der Waals surface area (Å²) in [5.74, 6) is 0.327. The van der Waals surface area contributed by atoms with Crippen LogP contribution >= 0.6 is 0 Å². The van der Waals surface area contributed by atoms with E-state index >= 15 is 0 Å². The van der Waals surface area contributed by atoms with Gasteiger partial charge in [0.15, 0.2) is 0 Å². The van der Waals surface area contributed by atoms with Gasteiger partial charge in [-0.3, -0.25) is 0 Å². The third-order valence-corrected chi connectivity index (χ3v) is 11.5. The second kappa shape index (κ2) is 24.1. The number of benzene rings is 1. The first-order chi connectivity index (χ1) is 30.7. The van der Waals surface area contributed by atoms with Crippen LogP contribution < -0.4 is 10.6 Å². The molecule has 2 aliphatic rings. The first-order valence-electron chi connectivity index (χ1n) is 22.4. The summed E-state index contributed by atoms with van der Waals surface area (Å²) in [6, 6.07) is 8.45. The highest BCUT2D eigenvalue weighted by Gasteiger charge is 2.21. The van der Waals surface area contributed by atoms with Crippen molar-refractivity contribution >= 4 is 41.7 Å². The molecule has 0 saturated carbocycles. The fourth-order valence-corrected chi connectivity index (χ4v) is 7.99. The van der Waals surface area contributed by atoms with Crippen molar-refractivity contribution in [2.75, 3.05) is 0 Å². The van der Waals surface area contributed by atoms with Crippen molar-refractivity contribution in [2.45, 2.75) is 73.6 Å². The Morgan fingerprint density at radius 1 is 0.828 bits per heavy atom. The van der Waals surface area contributed by atoms with Gasteiger partial charge in [0.25, 0.3) is 0 Å². The molecule has 328 valence electrons. The van der Waals surface area contributed by atoms with E-state index in [4.69, 9.17) is 6.58 Å². The third-order valence-electron chi connectivity index (χ3n) is 11.5. The normalized spacial score (nSPS) is 24.4. The molecule has 0 N–H and O–H groups in total. The molecule has 0 spiro atoms. The lowest BCUT2D eigenvalue weighted by Crippen LogP contribution is -2.27. The number of hydrogen-bond acceptors (Lipinski definition) is 1. The highest BCUT2D eigenvalue weighted by Crippen LogP contribution is 2.39. The number of nitrogens with zero attached hydrogens (tertiary/aromatic N) is 2. The molecule has 1 aromatic carbocycles. The van der Waals surface area contributed by atoms with Gasteiger partial charge in [0.2, 0.25) is 0 Å². The second-order valence-corrected chi connectivity index (χ2v) is 16.5. The van der Waals surface area contributed by atoms with Crippen molar-refractivity contribution < 1.29 is 0 Å². The Kier molecular flexibility index (Phi) is 18.7. The lowest BCUT2D eigenvalue weighted by Gasteiger charge is -2.26. The van der Waals surface area contributed by atoms with Gasteiger partial charge in [0.1, 0.15) is 0 Å². The number of fused-ring (bicyclic) bond motifs is 3. The van der Waals surface area contributed by atoms with Gasteiger partial charge in [0, 0.05) is 38.9 Å². The Morgan fingerprint density at radius 2 is 1.55 bits per heavy atom. The summed E-state index contributed by atoms with van der Waals surface area (Å²) in [5.41, 5.74) is 15.6. The van der Waals surface area contributed by atoms with Crippen molar-refractivity contribution in [2.24, 2.45) is 5.92 Å². The third kappa shape index (κ3) is 12.6. The zero-order chi connectivity index (χ0) is 46.9. The largest absolute Gasteiger partial charge is 0.316 e. The molecule has 1 aliphatic carbocycles. The molecule has 0 amide bonds. The topological polar surface area (TPSA) is 8.17 Å². The van der Waals surface area contributed by atoms with Crippen LogP contribution in [-0.4, -0.2) is 9.47 Å². The smallest absolute Gasteiger partial charge is 0.0534 e. The summed E-state index contributed by atoms with van der Waals surface area (Å²) in [5, 5.41) is 1.73. The van der Waals surface area contributed by atoms with Crippen LogP contribution in [-0.2, 0) is 0 Å². The van der Waals surface area contributed by atoms with E-state index in [2.05, 4.69) is 188 Å². The Bertz CT molecular complexity index is 2680. The van der Waals surface area contributed by atoms with Crippen molar-refractivity contribution in [3.05, 3.63) is 258 Å². The molecule has 1 aliphatic heterocycles. The summed E-state index contributed by atoms with van der Waals surface area (Å²) in [6.45, 7) is 53.0. The SMILES string of the molecule is C=C/C1=C(C)/C=C(/C=C\C=C/C)c2ccccc2C(=C)\C1=C/c1c(C=C)n2c(=C)/c1=C\C=C/CCC(C)C(=C)/C=C\C=C(/C)C/C=C\C(CCC)=C/C(=C)N(C(=C)C)C(=C)/C=C\C2=C. The van der Waals surface area contributed by atoms with Crippen LogP contribution in [0.5, 0.6) is 0 Å². The number of aromatic nitrogens is 1. The van der Waals surface area contributed by atoms with E-state index in [9.17, 15) is 0 Å².